The Morgan fingerprint density at radius 1 is 0.194 bits per heavy atom. The third-order valence-electron chi connectivity index (χ3n) is 25.0. The Kier molecular flexibility index (Phi) is 25.0. The highest BCUT2D eigenvalue weighted by Crippen LogP contribution is 2.43. The summed E-state index contributed by atoms with van der Waals surface area (Å²) in [6.45, 7) is 0. The molecule has 0 aliphatic rings. The van der Waals surface area contributed by atoms with Gasteiger partial charge in [-0.05, 0) is 212 Å². The summed E-state index contributed by atoms with van der Waals surface area (Å²) in [5.41, 5.74) is 31.6. The molecule has 139 heavy (non-hydrogen) atoms. The van der Waals surface area contributed by atoms with E-state index in [2.05, 4.69) is 424 Å². The van der Waals surface area contributed by atoms with Crippen molar-refractivity contribution in [1.82, 2.24) is 29.5 Å². The van der Waals surface area contributed by atoms with Crippen molar-refractivity contribution in [2.24, 2.45) is 0 Å². The van der Waals surface area contributed by atoms with Gasteiger partial charge in [0.25, 0.3) is 0 Å². The first-order valence-corrected chi connectivity index (χ1v) is 48.0. The summed E-state index contributed by atoms with van der Waals surface area (Å²) in [5, 5.41) is 5.47. The second kappa shape index (κ2) is 40.3. The van der Waals surface area contributed by atoms with Crippen LogP contribution in [0.2, 0.25) is 0 Å². The number of anilines is 6. The highest BCUT2D eigenvalue weighted by molar-refractivity contribution is 6.40. The average molecular weight is 1800 g/mol. The number of hydrogen-bond donors (Lipinski definition) is 0. The van der Waals surface area contributed by atoms with Gasteiger partial charge < -0.3 is 25.7 Å². The van der Waals surface area contributed by atoms with Gasteiger partial charge in [-0.1, -0.05) is 376 Å². The van der Waals surface area contributed by atoms with Crippen LogP contribution in [-0.4, -0.2) is 44.6 Å². The Balaban J connectivity index is 0.000000126. The van der Waals surface area contributed by atoms with Gasteiger partial charge >= 0.3 is 15.1 Å². The Hall–Kier alpha value is -18.2. The molecule has 19 aromatic carbocycles. The molecule has 5 aromatic heterocycles. The highest BCUT2D eigenvalue weighted by Gasteiger charge is 2.46. The maximum absolute atomic E-state index is 6.41. The number of nitrogens with zero attached hydrogens (tertiary/aromatic N) is 8. The third kappa shape index (κ3) is 19.1. The molecule has 0 atom stereocenters. The lowest BCUT2D eigenvalue weighted by atomic mass is 10.00. The second-order valence-corrected chi connectivity index (χ2v) is 35.0. The normalized spacial score (nSPS) is 11.0. The molecule has 0 amide bonds. The minimum absolute atomic E-state index is 0.608. The minimum atomic E-state index is -2.86. The standard InChI is InChI=1S/C60H44N2.C40H27N3.3C9H7NO.Al/c1-5-13-45(14-6-1)48-21-23-49(24-22-48)52-29-39-56(40-30-52)61(55-19-11-4-12-20-55)57-41-31-53(32-42-57)54-33-43-60(44-34-54)62(58-35-25-50(26-36-58)46-15-7-2-8-16-46)59-37-27-51(28-38-59)47-17-9-3-10-18-47;1-3-12-29(13-4-1)36-27-37(42-40(41-36)30-14-5-2-6-15-30)32-17-11-16-31(26-32)28-22-24-33(25-23-28)43-38-20-9-7-18-34(38)35-19-8-10-21-39(35)43;3*11-8-5-1-3-7-4-2-6-10-9(7)8;/h1-44H;1-27H;3*1-6,11H;/q;;;;;+3/p-3. The van der Waals surface area contributed by atoms with Gasteiger partial charge in [-0.3, -0.25) is 15.0 Å². The van der Waals surface area contributed by atoms with Crippen LogP contribution in [0.1, 0.15) is 0 Å². The van der Waals surface area contributed by atoms with Gasteiger partial charge in [-0.25, -0.2) is 9.97 Å². The molecule has 24 aromatic rings. The molecule has 0 saturated carbocycles. The van der Waals surface area contributed by atoms with Crippen LogP contribution < -0.4 is 21.2 Å². The van der Waals surface area contributed by atoms with Crippen molar-refractivity contribution in [1.29, 1.82) is 0 Å². The monoisotopic (exact) mass is 1800 g/mol. The molecule has 0 unspecified atom stereocenters. The van der Waals surface area contributed by atoms with E-state index < -0.39 is 15.1 Å². The van der Waals surface area contributed by atoms with E-state index in [1.165, 1.54) is 66.3 Å². The predicted octanol–water partition coefficient (Wildman–Crippen LogP) is 33.1. The number of aromatic nitrogens is 6. The summed E-state index contributed by atoms with van der Waals surface area (Å²) < 4.78 is 21.6. The zero-order valence-electron chi connectivity index (χ0n) is 75.8. The molecule has 0 aliphatic carbocycles. The number of para-hydroxylation sites is 6. The molecule has 0 fully saturated rings. The van der Waals surface area contributed by atoms with Crippen LogP contribution >= 0.6 is 0 Å². The maximum Gasteiger partial charge on any atom is 1.20 e. The number of fused-ring (bicyclic) bond motifs is 6. The second-order valence-electron chi connectivity index (χ2n) is 33.7. The van der Waals surface area contributed by atoms with Crippen molar-refractivity contribution in [3.8, 4) is 124 Å². The molecule has 0 radical (unpaired) electrons. The average Bonchev–Trinajstić information content (AvgIpc) is 1.59. The lowest BCUT2D eigenvalue weighted by Crippen LogP contribution is -2.37. The zero-order valence-corrected chi connectivity index (χ0v) is 76.9. The molecule has 0 N–H and O–H groups in total. The topological polar surface area (TPSA) is 104 Å². The van der Waals surface area contributed by atoms with Gasteiger partial charge in [0.1, 0.15) is 33.8 Å². The molecule has 0 aliphatic heterocycles. The van der Waals surface area contributed by atoms with Gasteiger partial charge in [-0.2, -0.15) is 0 Å². The van der Waals surface area contributed by atoms with Gasteiger partial charge in [0, 0.05) is 102 Å². The fourth-order valence-corrected chi connectivity index (χ4v) is 19.4. The predicted molar refractivity (Wildman–Crippen MR) is 574 cm³/mol. The zero-order chi connectivity index (χ0) is 92.8. The van der Waals surface area contributed by atoms with E-state index in [1.807, 2.05) is 127 Å². The molecular formula is C127H89AlN8O3. The molecule has 11 nitrogen and oxygen atoms in total. The summed E-state index contributed by atoms with van der Waals surface area (Å²) in [7, 11) is 0. The van der Waals surface area contributed by atoms with Crippen LogP contribution in [0.4, 0.5) is 34.1 Å². The van der Waals surface area contributed by atoms with Crippen molar-refractivity contribution < 1.29 is 11.4 Å². The van der Waals surface area contributed by atoms with Gasteiger partial charge in [-0.15, -0.1) is 0 Å². The quantitative estimate of drug-likeness (QED) is 0.0610. The van der Waals surface area contributed by atoms with E-state index in [-0.39, 0.29) is 0 Å². The maximum atomic E-state index is 6.41. The van der Waals surface area contributed by atoms with Crippen molar-refractivity contribution in [2.45, 2.75) is 0 Å². The first-order chi connectivity index (χ1) is 68.9. The van der Waals surface area contributed by atoms with E-state index in [1.54, 1.807) is 18.6 Å². The third-order valence-corrected chi connectivity index (χ3v) is 26.3. The smallest absolute Gasteiger partial charge is 0.576 e. The van der Waals surface area contributed by atoms with E-state index in [0.29, 0.717) is 17.2 Å². The number of pyridine rings is 3. The Morgan fingerprint density at radius 2 is 0.453 bits per heavy atom. The molecular weight excluding hydrogens is 1710 g/mol. The first kappa shape index (κ1) is 86.2. The summed E-state index contributed by atoms with van der Waals surface area (Å²) in [4.78, 5) is 28.1. The molecule has 5 heterocycles. The summed E-state index contributed by atoms with van der Waals surface area (Å²) >= 11 is -2.86. The number of benzene rings is 19. The van der Waals surface area contributed by atoms with Crippen LogP contribution in [0.25, 0.3) is 161 Å². The van der Waals surface area contributed by atoms with Crippen molar-refractivity contribution in [2.75, 3.05) is 9.80 Å². The van der Waals surface area contributed by atoms with Crippen molar-refractivity contribution >= 4 is 104 Å². The van der Waals surface area contributed by atoms with Gasteiger partial charge in [0.15, 0.2) is 5.82 Å². The van der Waals surface area contributed by atoms with Crippen molar-refractivity contribution in [3.05, 3.63) is 540 Å². The van der Waals surface area contributed by atoms with Crippen molar-refractivity contribution in [3.63, 3.8) is 0 Å². The van der Waals surface area contributed by atoms with E-state index in [4.69, 9.17) is 21.3 Å². The molecule has 12 heteroatoms. The first-order valence-electron chi connectivity index (χ1n) is 46.5. The Labute approximate surface area is 812 Å². The Bertz CT molecular complexity index is 7950. The molecule has 0 spiro atoms. The van der Waals surface area contributed by atoms with Crippen LogP contribution in [0.5, 0.6) is 17.2 Å². The van der Waals surface area contributed by atoms with Crippen LogP contribution in [0.15, 0.2) is 540 Å². The molecule has 658 valence electrons. The van der Waals surface area contributed by atoms with E-state index >= 15 is 0 Å². The van der Waals surface area contributed by atoms with Crippen LogP contribution in [0, 0.1) is 0 Å². The number of hydrogen-bond acceptors (Lipinski definition) is 10. The molecule has 24 rings (SSSR count). The SMILES string of the molecule is c1ccc(-c2cc(-c3cccc(-c4ccc(-n5c6ccccc6c6ccccc65)cc4)c3)nc(-c3ccccc3)n2)cc1.c1ccc(-c2ccc(-c3ccc(N(c4ccccc4)c4ccc(-c5ccc(N(c6ccc(-c7ccccc7)cc6)c6ccc(-c7ccccc7)cc6)cc5)cc4)cc3)cc2)cc1.c1cnc2c([O][Al]([O]c3cccc4cccnc34)[O]c3cccc4cccnc34)cccc2c1. The lowest BCUT2D eigenvalue weighted by Gasteiger charge is -2.26. The summed E-state index contributed by atoms with van der Waals surface area (Å²) in [5.74, 6) is 2.54. The summed E-state index contributed by atoms with van der Waals surface area (Å²) in [6.07, 6.45) is 5.24. The fourth-order valence-electron chi connectivity index (χ4n) is 18.1. The van der Waals surface area contributed by atoms with Crippen LogP contribution in [0.3, 0.4) is 0 Å². The Morgan fingerprint density at radius 3 is 0.820 bits per heavy atom. The van der Waals surface area contributed by atoms with Crippen LogP contribution in [-0.2, 0) is 0 Å². The van der Waals surface area contributed by atoms with Gasteiger partial charge in [0.05, 0.1) is 22.4 Å². The molecule has 0 bridgehead atoms. The molecule has 0 saturated heterocycles. The van der Waals surface area contributed by atoms with E-state index in [9.17, 15) is 0 Å². The minimum Gasteiger partial charge on any atom is -0.576 e. The number of rotatable bonds is 22. The summed E-state index contributed by atoms with van der Waals surface area (Å²) in [6, 6.07) is 182. The van der Waals surface area contributed by atoms with Gasteiger partial charge in [0.2, 0.25) is 0 Å². The lowest BCUT2D eigenvalue weighted by molar-refractivity contribution is 0.311. The largest absolute Gasteiger partial charge is 1.20 e. The highest BCUT2D eigenvalue weighted by atomic mass is 27.3. The van der Waals surface area contributed by atoms with E-state index in [0.717, 1.165) is 129 Å². The fraction of sp³-hybridized carbons (Fsp3) is 0.